The van der Waals surface area contributed by atoms with Gasteiger partial charge in [0.25, 0.3) is 0 Å². The molecular formula is C34H32F3N5O2S. The topological polar surface area (TPSA) is 74.3 Å². The van der Waals surface area contributed by atoms with Crippen molar-refractivity contribution in [1.82, 2.24) is 19.3 Å². The minimum Gasteiger partial charge on any atom is -0.406 e. The summed E-state index contributed by atoms with van der Waals surface area (Å²) in [5.74, 6) is 0.786. The number of amides is 1. The molecule has 1 aliphatic carbocycles. The van der Waals surface area contributed by atoms with Crippen LogP contribution in [0.25, 0.3) is 22.8 Å². The summed E-state index contributed by atoms with van der Waals surface area (Å²) in [5.41, 5.74) is 5.97. The van der Waals surface area contributed by atoms with Gasteiger partial charge in [-0.3, -0.25) is 9.36 Å². The fourth-order valence-corrected chi connectivity index (χ4v) is 6.86. The highest BCUT2D eigenvalue weighted by Gasteiger charge is 2.31. The van der Waals surface area contributed by atoms with Gasteiger partial charge >= 0.3 is 6.36 Å². The van der Waals surface area contributed by atoms with Gasteiger partial charge in [0.2, 0.25) is 5.91 Å². The highest BCUT2D eigenvalue weighted by molar-refractivity contribution is 7.07. The lowest BCUT2D eigenvalue weighted by molar-refractivity contribution is -0.274. The quantitative estimate of drug-likeness (QED) is 0.174. The van der Waals surface area contributed by atoms with Crippen LogP contribution in [0.5, 0.6) is 5.75 Å². The molecule has 2 atom stereocenters. The average Bonchev–Trinajstić information content (AvgIpc) is 3.78. The van der Waals surface area contributed by atoms with Crippen molar-refractivity contribution in [2.24, 2.45) is 10.9 Å². The van der Waals surface area contributed by atoms with Gasteiger partial charge in [0, 0.05) is 23.1 Å². The van der Waals surface area contributed by atoms with E-state index in [0.717, 1.165) is 42.6 Å². The molecule has 5 aromatic rings. The first-order chi connectivity index (χ1) is 21.7. The zero-order valence-electron chi connectivity index (χ0n) is 24.9. The van der Waals surface area contributed by atoms with Crippen LogP contribution >= 0.6 is 11.3 Å². The lowest BCUT2D eigenvalue weighted by Crippen LogP contribution is -2.18. The second kappa shape index (κ2) is 12.8. The molecule has 0 spiro atoms. The number of alkyl halides is 3. The summed E-state index contributed by atoms with van der Waals surface area (Å²) in [6.45, 7) is 4.17. The van der Waals surface area contributed by atoms with Crippen LogP contribution in [-0.4, -0.2) is 31.6 Å². The van der Waals surface area contributed by atoms with Gasteiger partial charge in [-0.2, -0.15) is 4.99 Å². The van der Waals surface area contributed by atoms with Gasteiger partial charge in [-0.15, -0.1) is 29.6 Å². The average molecular weight is 632 g/mol. The predicted molar refractivity (Wildman–Crippen MR) is 167 cm³/mol. The van der Waals surface area contributed by atoms with E-state index in [9.17, 15) is 18.0 Å². The van der Waals surface area contributed by atoms with Crippen molar-refractivity contribution in [1.29, 1.82) is 0 Å². The minimum absolute atomic E-state index is 0.0789. The molecule has 0 radical (unpaired) electrons. The molecule has 1 aliphatic rings. The lowest BCUT2D eigenvalue weighted by Gasteiger charge is -2.12. The maximum Gasteiger partial charge on any atom is 0.573 e. The first-order valence-corrected chi connectivity index (χ1v) is 15.8. The van der Waals surface area contributed by atoms with Crippen molar-refractivity contribution in [3.63, 3.8) is 0 Å². The van der Waals surface area contributed by atoms with E-state index >= 15 is 0 Å². The first kappa shape index (κ1) is 30.5. The number of aromatic nitrogens is 4. The third-order valence-electron chi connectivity index (χ3n) is 8.18. The zero-order valence-corrected chi connectivity index (χ0v) is 25.7. The molecule has 6 rings (SSSR count). The van der Waals surface area contributed by atoms with E-state index in [1.165, 1.54) is 57.7 Å². The maximum atomic E-state index is 13.1. The molecule has 0 bridgehead atoms. The van der Waals surface area contributed by atoms with E-state index in [-0.39, 0.29) is 17.6 Å². The van der Waals surface area contributed by atoms with Gasteiger partial charge in [-0.1, -0.05) is 49.4 Å². The minimum atomic E-state index is -4.74. The Morgan fingerprint density at radius 1 is 1.04 bits per heavy atom. The Kier molecular flexibility index (Phi) is 8.71. The second-order valence-corrected chi connectivity index (χ2v) is 12.1. The largest absolute Gasteiger partial charge is 0.573 e. The fourth-order valence-electron chi connectivity index (χ4n) is 5.98. The Labute approximate surface area is 262 Å². The van der Waals surface area contributed by atoms with Gasteiger partial charge < -0.3 is 4.74 Å². The standard InChI is InChI=1S/C34H32F3N5O2S/c1-3-24-6-4-5-7-30(24)42-22(2)20-45-33(42)39-31(43)19-23-8-9-27(18-23)25-10-12-26(13-11-25)32-38-21-41(40-32)28-14-16-29(17-15-28)44-34(35,36)37/h4-7,10-17,20-21,23,27H,3,8-9,18-19H2,1-2H3. The van der Waals surface area contributed by atoms with Crippen LogP contribution in [-0.2, 0) is 11.2 Å². The number of thiazole rings is 1. The van der Waals surface area contributed by atoms with Crippen LogP contribution in [0.4, 0.5) is 13.2 Å². The van der Waals surface area contributed by atoms with Crippen molar-refractivity contribution < 1.29 is 22.7 Å². The third kappa shape index (κ3) is 7.09. The molecule has 2 aromatic heterocycles. The molecule has 2 unspecified atom stereocenters. The monoisotopic (exact) mass is 631 g/mol. The molecular weight excluding hydrogens is 599 g/mol. The molecule has 11 heteroatoms. The number of aryl methyl sites for hydroxylation is 2. The van der Waals surface area contributed by atoms with Crippen molar-refractivity contribution in [2.45, 2.75) is 58.2 Å². The number of benzene rings is 3. The smallest absolute Gasteiger partial charge is 0.406 e. The summed E-state index contributed by atoms with van der Waals surface area (Å²) < 4.78 is 44.8. The summed E-state index contributed by atoms with van der Waals surface area (Å²) in [5, 5.41) is 6.54. The van der Waals surface area contributed by atoms with Gasteiger partial charge in [0.15, 0.2) is 10.6 Å². The number of halogens is 3. The fraction of sp³-hybridized carbons (Fsp3) is 0.294. The van der Waals surface area contributed by atoms with Crippen LogP contribution < -0.4 is 9.54 Å². The predicted octanol–water partition coefficient (Wildman–Crippen LogP) is 7.96. The molecule has 0 saturated heterocycles. The number of rotatable bonds is 8. The lowest BCUT2D eigenvalue weighted by atomic mass is 9.94. The number of carbonyl (C=O) groups is 1. The van der Waals surface area contributed by atoms with Gasteiger partial charge in [-0.25, -0.2) is 9.67 Å². The molecule has 0 aliphatic heterocycles. The second-order valence-electron chi connectivity index (χ2n) is 11.2. The van der Waals surface area contributed by atoms with Gasteiger partial charge in [0.05, 0.1) is 11.4 Å². The van der Waals surface area contributed by atoms with Gasteiger partial charge in [0.1, 0.15) is 12.1 Å². The van der Waals surface area contributed by atoms with E-state index < -0.39 is 6.36 Å². The zero-order chi connectivity index (χ0) is 31.6. The Balaban J connectivity index is 1.08. The van der Waals surface area contributed by atoms with Crippen LogP contribution in [0.2, 0.25) is 0 Å². The highest BCUT2D eigenvalue weighted by Crippen LogP contribution is 2.40. The number of para-hydroxylation sites is 1. The summed E-state index contributed by atoms with van der Waals surface area (Å²) >= 11 is 1.50. The van der Waals surface area contributed by atoms with E-state index in [1.807, 2.05) is 36.6 Å². The van der Waals surface area contributed by atoms with Crippen LogP contribution in [0.1, 0.15) is 55.3 Å². The summed E-state index contributed by atoms with van der Waals surface area (Å²) in [6.07, 6.45) is 1.05. The number of hydrogen-bond donors (Lipinski definition) is 0. The van der Waals surface area contributed by atoms with E-state index in [2.05, 4.69) is 55.6 Å². The first-order valence-electron chi connectivity index (χ1n) is 14.9. The van der Waals surface area contributed by atoms with E-state index in [4.69, 9.17) is 0 Å². The number of hydrogen-bond acceptors (Lipinski definition) is 5. The van der Waals surface area contributed by atoms with Crippen LogP contribution in [0.3, 0.4) is 0 Å². The van der Waals surface area contributed by atoms with E-state index in [1.54, 1.807) is 0 Å². The number of ether oxygens (including phenoxy) is 1. The number of nitrogens with zero attached hydrogens (tertiary/aromatic N) is 5. The molecule has 7 nitrogen and oxygen atoms in total. The molecule has 2 heterocycles. The normalized spacial score (nSPS) is 17.1. The summed E-state index contributed by atoms with van der Waals surface area (Å²) in [6, 6.07) is 21.8. The SMILES string of the molecule is CCc1ccccc1-n1c(C)csc1=NC(=O)CC1CCC(c2ccc(-c3ncn(-c4ccc(OC(F)(F)F)cc4)n3)cc2)C1. The summed E-state index contributed by atoms with van der Waals surface area (Å²) in [7, 11) is 0. The molecule has 1 fully saturated rings. The van der Waals surface area contributed by atoms with Crippen molar-refractivity contribution >= 4 is 17.2 Å². The Bertz CT molecular complexity index is 1860. The van der Waals surface area contributed by atoms with E-state index in [0.29, 0.717) is 28.7 Å². The van der Waals surface area contributed by atoms with Crippen molar-refractivity contribution in [3.8, 4) is 28.5 Å². The summed E-state index contributed by atoms with van der Waals surface area (Å²) in [4.78, 5) is 22.7. The molecule has 45 heavy (non-hydrogen) atoms. The maximum absolute atomic E-state index is 13.1. The molecule has 1 amide bonds. The van der Waals surface area contributed by atoms with Crippen molar-refractivity contribution in [3.05, 3.63) is 106 Å². The Morgan fingerprint density at radius 2 is 1.80 bits per heavy atom. The molecule has 3 aromatic carbocycles. The third-order valence-corrected chi connectivity index (χ3v) is 9.13. The molecule has 1 saturated carbocycles. The van der Waals surface area contributed by atoms with Gasteiger partial charge in [-0.05, 0) is 85.9 Å². The van der Waals surface area contributed by atoms with Crippen LogP contribution in [0.15, 0.2) is 89.5 Å². The highest BCUT2D eigenvalue weighted by atomic mass is 32.1. The van der Waals surface area contributed by atoms with Crippen LogP contribution in [0, 0.1) is 12.8 Å². The Hall–Kier alpha value is -4.51. The van der Waals surface area contributed by atoms with Crippen molar-refractivity contribution in [2.75, 3.05) is 0 Å². The molecule has 0 N–H and O–H groups in total. The Morgan fingerprint density at radius 3 is 2.53 bits per heavy atom. The molecule has 232 valence electrons. The number of carbonyl (C=O) groups excluding carboxylic acids is 1.